The van der Waals surface area contributed by atoms with Crippen molar-refractivity contribution in [3.05, 3.63) is 24.2 Å². The zero-order valence-electron chi connectivity index (χ0n) is 6.18. The first-order chi connectivity index (χ1) is 4.61. The standard InChI is InChI=1S/C6H7NO/c7-5-1-3-6(8)4-2-5/h1-4,8H,7H2/i1D,2D. The molecule has 42 valence electrons. The van der Waals surface area contributed by atoms with E-state index in [0.29, 0.717) is 0 Å². The largest absolute Gasteiger partial charge is 0.508 e. The summed E-state index contributed by atoms with van der Waals surface area (Å²) in [6.45, 7) is 0. The molecule has 1 aromatic rings. The van der Waals surface area contributed by atoms with Crippen LogP contribution in [-0.4, -0.2) is 5.11 Å². The van der Waals surface area contributed by atoms with Gasteiger partial charge in [-0.2, -0.15) is 0 Å². The number of hydrogen-bond acceptors (Lipinski definition) is 2. The topological polar surface area (TPSA) is 46.2 Å². The number of nitrogen functional groups attached to an aromatic ring is 1. The van der Waals surface area contributed by atoms with Crippen molar-refractivity contribution in [3.8, 4) is 5.75 Å². The Balaban J connectivity index is 3.31. The number of anilines is 1. The second-order valence-electron chi connectivity index (χ2n) is 1.42. The summed E-state index contributed by atoms with van der Waals surface area (Å²) < 4.78 is 14.2. The average Bonchev–Trinajstić information content (AvgIpc) is 1.82. The molecule has 0 unspecified atom stereocenters. The molecule has 0 atom stereocenters. The molecule has 3 N–H and O–H groups in total. The number of aromatic hydroxyl groups is 1. The molecule has 0 bridgehead atoms. The number of rotatable bonds is 0. The summed E-state index contributed by atoms with van der Waals surface area (Å²) in [4.78, 5) is 0. The maximum atomic E-state index is 8.82. The minimum atomic E-state index is -0.0933. The van der Waals surface area contributed by atoms with E-state index in [0.717, 1.165) is 0 Å². The second-order valence-corrected chi connectivity index (χ2v) is 1.42. The molecule has 2 heteroatoms. The van der Waals surface area contributed by atoms with Gasteiger partial charge in [0.15, 0.2) is 0 Å². The highest BCUT2D eigenvalue weighted by atomic mass is 16.3. The molecule has 0 aliphatic rings. The molecule has 0 heterocycles. The minimum Gasteiger partial charge on any atom is -0.508 e. The van der Waals surface area contributed by atoms with Gasteiger partial charge in [0.1, 0.15) is 5.75 Å². The lowest BCUT2D eigenvalue weighted by Crippen LogP contribution is -1.80. The van der Waals surface area contributed by atoms with E-state index in [1.807, 2.05) is 0 Å². The fourth-order valence-electron chi connectivity index (χ4n) is 0.387. The Morgan fingerprint density at radius 3 is 2.50 bits per heavy atom. The molecule has 0 aliphatic carbocycles. The number of hydrogen-bond donors (Lipinski definition) is 2. The number of benzene rings is 1. The average molecular weight is 111 g/mol. The van der Waals surface area contributed by atoms with Gasteiger partial charge in [-0.15, -0.1) is 0 Å². The molecule has 0 saturated carbocycles. The van der Waals surface area contributed by atoms with E-state index >= 15 is 0 Å². The van der Waals surface area contributed by atoms with E-state index in [4.69, 9.17) is 13.6 Å². The van der Waals surface area contributed by atoms with Crippen LogP contribution in [0.5, 0.6) is 5.75 Å². The molecule has 0 aromatic heterocycles. The summed E-state index contributed by atoms with van der Waals surface area (Å²) in [5, 5.41) is 8.82. The molecule has 0 fully saturated rings. The van der Waals surface area contributed by atoms with Crippen LogP contribution < -0.4 is 5.73 Å². The Kier molecular flexibility index (Phi) is 0.645. The highest BCUT2D eigenvalue weighted by molar-refractivity contribution is 5.40. The number of phenols is 1. The van der Waals surface area contributed by atoms with E-state index in [1.54, 1.807) is 0 Å². The zero-order valence-corrected chi connectivity index (χ0v) is 4.18. The SMILES string of the molecule is [2H]c1cc(O)cc([2H])c1N. The third-order valence-corrected chi connectivity index (χ3v) is 0.751. The molecule has 8 heavy (non-hydrogen) atoms. The van der Waals surface area contributed by atoms with Gasteiger partial charge in [0.05, 0.1) is 2.74 Å². The summed E-state index contributed by atoms with van der Waals surface area (Å²) in [7, 11) is 0. The van der Waals surface area contributed by atoms with Crippen molar-refractivity contribution in [1.29, 1.82) is 0 Å². The maximum Gasteiger partial charge on any atom is 0.115 e. The van der Waals surface area contributed by atoms with Crippen LogP contribution in [-0.2, 0) is 0 Å². The molecule has 0 aliphatic heterocycles. The van der Waals surface area contributed by atoms with E-state index in [-0.39, 0.29) is 23.5 Å². The summed E-state index contributed by atoms with van der Waals surface area (Å²) in [6, 6.07) is 2.39. The van der Waals surface area contributed by atoms with E-state index in [9.17, 15) is 0 Å². The molecule has 0 spiro atoms. The normalized spacial score (nSPS) is 12.5. The maximum absolute atomic E-state index is 8.82. The van der Waals surface area contributed by atoms with Gasteiger partial charge < -0.3 is 10.8 Å². The van der Waals surface area contributed by atoms with Crippen LogP contribution in [0.15, 0.2) is 24.2 Å². The van der Waals surface area contributed by atoms with Gasteiger partial charge in [-0.05, 0) is 24.2 Å². The summed E-state index contributed by atoms with van der Waals surface area (Å²) in [6.07, 6.45) is 0. The summed E-state index contributed by atoms with van der Waals surface area (Å²) >= 11 is 0. The van der Waals surface area contributed by atoms with Gasteiger partial charge in [-0.3, -0.25) is 0 Å². The predicted molar refractivity (Wildman–Crippen MR) is 32.5 cm³/mol. The Bertz CT molecular complexity index is 239. The van der Waals surface area contributed by atoms with Crippen LogP contribution in [0.4, 0.5) is 5.69 Å². The third kappa shape index (κ3) is 0.904. The first-order valence-corrected chi connectivity index (χ1v) is 2.17. The summed E-state index contributed by atoms with van der Waals surface area (Å²) in [5.74, 6) is -0.0933. The van der Waals surface area contributed by atoms with Gasteiger partial charge in [-0.1, -0.05) is 0 Å². The lowest BCUT2D eigenvalue weighted by Gasteiger charge is -1.89. The lowest BCUT2D eigenvalue weighted by molar-refractivity contribution is 0.475. The fourth-order valence-corrected chi connectivity index (χ4v) is 0.387. The quantitative estimate of drug-likeness (QED) is 0.387. The van der Waals surface area contributed by atoms with Crippen molar-refractivity contribution < 1.29 is 7.85 Å². The number of nitrogens with two attached hydrogens (primary N) is 1. The molecule has 1 rings (SSSR count). The first kappa shape index (κ1) is 2.97. The van der Waals surface area contributed by atoms with E-state index < -0.39 is 0 Å². The van der Waals surface area contributed by atoms with Crippen molar-refractivity contribution in [1.82, 2.24) is 0 Å². The number of phenolic OH excluding ortho intramolecular Hbond substituents is 1. The molecule has 0 radical (unpaired) electrons. The van der Waals surface area contributed by atoms with Crippen molar-refractivity contribution in [2.75, 3.05) is 5.73 Å². The Hall–Kier alpha value is -1.18. The minimum absolute atomic E-state index is 0.00926. The van der Waals surface area contributed by atoms with Gasteiger partial charge in [0.25, 0.3) is 0 Å². The highest BCUT2D eigenvalue weighted by Crippen LogP contribution is 2.09. The third-order valence-electron chi connectivity index (χ3n) is 0.751. The van der Waals surface area contributed by atoms with Crippen molar-refractivity contribution in [2.45, 2.75) is 0 Å². The monoisotopic (exact) mass is 111 g/mol. The van der Waals surface area contributed by atoms with Crippen LogP contribution in [0, 0.1) is 0 Å². The van der Waals surface area contributed by atoms with E-state index in [2.05, 4.69) is 0 Å². The molecule has 2 nitrogen and oxygen atoms in total. The van der Waals surface area contributed by atoms with Crippen LogP contribution in [0.25, 0.3) is 0 Å². The lowest BCUT2D eigenvalue weighted by atomic mass is 10.3. The Labute approximate surface area is 50.4 Å². The summed E-state index contributed by atoms with van der Waals surface area (Å²) in [5.41, 5.74) is 5.36. The second kappa shape index (κ2) is 1.74. The fraction of sp³-hybridized carbons (Fsp3) is 0. The Morgan fingerprint density at radius 1 is 1.50 bits per heavy atom. The zero-order chi connectivity index (χ0) is 7.72. The van der Waals surface area contributed by atoms with Crippen molar-refractivity contribution >= 4 is 5.69 Å². The van der Waals surface area contributed by atoms with Crippen molar-refractivity contribution in [2.24, 2.45) is 0 Å². The smallest absolute Gasteiger partial charge is 0.115 e. The molecule has 0 amide bonds. The molecular weight excluding hydrogens is 102 g/mol. The van der Waals surface area contributed by atoms with Gasteiger partial charge in [0, 0.05) is 5.69 Å². The highest BCUT2D eigenvalue weighted by Gasteiger charge is 1.82. The van der Waals surface area contributed by atoms with Gasteiger partial charge in [0.2, 0.25) is 0 Å². The van der Waals surface area contributed by atoms with Crippen LogP contribution in [0.2, 0.25) is 0 Å². The van der Waals surface area contributed by atoms with Gasteiger partial charge >= 0.3 is 0 Å². The van der Waals surface area contributed by atoms with Crippen molar-refractivity contribution in [3.63, 3.8) is 0 Å². The molecule has 0 saturated heterocycles. The first-order valence-electron chi connectivity index (χ1n) is 3.17. The Morgan fingerprint density at radius 2 is 2.00 bits per heavy atom. The van der Waals surface area contributed by atoms with Gasteiger partial charge in [-0.25, -0.2) is 0 Å². The molecule has 1 aromatic carbocycles. The molecular formula is C6H7NO. The van der Waals surface area contributed by atoms with Crippen LogP contribution in [0.3, 0.4) is 0 Å². The predicted octanol–water partition coefficient (Wildman–Crippen LogP) is 0.974. The van der Waals surface area contributed by atoms with E-state index in [1.165, 1.54) is 12.1 Å². The van der Waals surface area contributed by atoms with Crippen LogP contribution >= 0.6 is 0 Å². The van der Waals surface area contributed by atoms with Crippen LogP contribution in [0.1, 0.15) is 2.74 Å².